The predicted octanol–water partition coefficient (Wildman–Crippen LogP) is 4.27. The number of allylic oxidation sites excluding steroid dienone is 1. The van der Waals surface area contributed by atoms with Gasteiger partial charge in [0.15, 0.2) is 12.1 Å². The Balaban J connectivity index is 1.40. The van der Waals surface area contributed by atoms with Gasteiger partial charge in [0, 0.05) is 56.1 Å². The Hall–Kier alpha value is -4.53. The lowest BCUT2D eigenvalue weighted by atomic mass is 9.78. The van der Waals surface area contributed by atoms with Gasteiger partial charge in [-0.25, -0.2) is 9.37 Å². The van der Waals surface area contributed by atoms with Gasteiger partial charge in [0.2, 0.25) is 5.36 Å². The van der Waals surface area contributed by atoms with E-state index >= 15 is 4.57 Å². The van der Waals surface area contributed by atoms with Crippen LogP contribution in [0.25, 0.3) is 11.1 Å². The standard InChI is InChI=1S/C41H46N3O7P/c1-9-42-32-19-34-30(17-28(32)24(3)21-40(42,5)6)39(26-11-13-27(14-12-26)50-23-38(47)51-44-36(45)15-16-37(44)46)31-18-29-25(4)22-41(7,8)43(10-2)33(29)20-35(31)52(34,48)49/h11-14,17-21,25H,9-10,15-16,22-23H2,1-8H3/p+1. The second-order valence-electron chi connectivity index (χ2n) is 15.5. The summed E-state index contributed by atoms with van der Waals surface area (Å²) >= 11 is 0. The number of nitrogens with zero attached hydrogens (tertiary/aromatic N) is 3. The maximum Gasteiger partial charge on any atom is 0.370 e. The molecule has 0 aromatic heterocycles. The summed E-state index contributed by atoms with van der Waals surface area (Å²) in [5.74, 6) is -1.36. The molecule has 0 bridgehead atoms. The van der Waals surface area contributed by atoms with Crippen LogP contribution >= 0.6 is 7.37 Å². The molecule has 0 saturated carbocycles. The smallest absolute Gasteiger partial charge is 0.370 e. The van der Waals surface area contributed by atoms with Crippen LogP contribution in [0.2, 0.25) is 0 Å². The Morgan fingerprint density at radius 3 is 2.29 bits per heavy atom. The molecular formula is C41H47N3O7P+. The van der Waals surface area contributed by atoms with E-state index in [9.17, 15) is 19.3 Å². The van der Waals surface area contributed by atoms with Crippen LogP contribution in [0.1, 0.15) is 103 Å². The summed E-state index contributed by atoms with van der Waals surface area (Å²) in [6.07, 6.45) is 3.22. The van der Waals surface area contributed by atoms with Gasteiger partial charge in [-0.05, 0) is 116 Å². The van der Waals surface area contributed by atoms with Crippen molar-refractivity contribution in [2.45, 2.75) is 91.6 Å². The molecule has 2 atom stereocenters. The lowest BCUT2D eigenvalue weighted by molar-refractivity contribution is -0.198. The van der Waals surface area contributed by atoms with E-state index < -0.39 is 31.8 Å². The minimum absolute atomic E-state index is 0.00926. The van der Waals surface area contributed by atoms with Crippen LogP contribution < -0.4 is 35.4 Å². The number of hydroxylamine groups is 2. The van der Waals surface area contributed by atoms with Gasteiger partial charge >= 0.3 is 5.97 Å². The number of rotatable bonds is 7. The molecule has 0 radical (unpaired) electrons. The van der Waals surface area contributed by atoms with Gasteiger partial charge < -0.3 is 19.4 Å². The molecule has 3 aromatic rings. The van der Waals surface area contributed by atoms with Crippen molar-refractivity contribution >= 4 is 52.6 Å². The van der Waals surface area contributed by atoms with Crippen LogP contribution in [-0.2, 0) is 23.8 Å². The SMILES string of the molecule is CCN1c2cc3c(cc2C(C)CC1(C)C)C(c1ccc(OCC(=O)ON2C(=O)CCC2=O)cc1)=c1cc2c(cc1P3(=O)O)=[N+](CC)C(C)(C)C=C2C. The van der Waals surface area contributed by atoms with Gasteiger partial charge in [0.25, 0.3) is 19.2 Å². The Bertz CT molecular complexity index is 2260. The largest absolute Gasteiger partial charge is 0.482 e. The maximum atomic E-state index is 15.1. The van der Waals surface area contributed by atoms with E-state index in [1.54, 1.807) is 12.1 Å². The Morgan fingerprint density at radius 1 is 0.981 bits per heavy atom. The van der Waals surface area contributed by atoms with E-state index in [0.717, 1.165) is 64.0 Å². The summed E-state index contributed by atoms with van der Waals surface area (Å²) in [6.45, 7) is 18.4. The van der Waals surface area contributed by atoms with Crippen LogP contribution in [0.5, 0.6) is 5.75 Å². The first-order valence-electron chi connectivity index (χ1n) is 18.1. The monoisotopic (exact) mass is 724 g/mol. The van der Waals surface area contributed by atoms with E-state index in [1.807, 2.05) is 24.3 Å². The first kappa shape index (κ1) is 35.9. The van der Waals surface area contributed by atoms with Gasteiger partial charge in [-0.1, -0.05) is 19.1 Å². The highest BCUT2D eigenvalue weighted by Crippen LogP contribution is 2.49. The molecule has 10 nitrogen and oxygen atoms in total. The number of anilines is 1. The molecule has 1 N–H and O–H groups in total. The van der Waals surface area contributed by atoms with Crippen molar-refractivity contribution in [1.82, 2.24) is 9.64 Å². The molecule has 2 unspecified atom stereocenters. The zero-order valence-corrected chi connectivity index (χ0v) is 32.1. The molecule has 1 fully saturated rings. The zero-order valence-electron chi connectivity index (χ0n) is 31.2. The highest BCUT2D eigenvalue weighted by atomic mass is 31.2. The molecule has 272 valence electrons. The van der Waals surface area contributed by atoms with Crippen molar-refractivity contribution in [3.63, 3.8) is 0 Å². The topological polar surface area (TPSA) is 116 Å². The van der Waals surface area contributed by atoms with E-state index in [4.69, 9.17) is 9.57 Å². The minimum Gasteiger partial charge on any atom is -0.482 e. The third-order valence-electron chi connectivity index (χ3n) is 11.1. The molecule has 2 amide bonds. The first-order chi connectivity index (χ1) is 24.5. The second kappa shape index (κ2) is 12.6. The van der Waals surface area contributed by atoms with Crippen LogP contribution in [-0.4, -0.2) is 58.5 Å². The van der Waals surface area contributed by atoms with E-state index in [2.05, 4.69) is 83.1 Å². The summed E-state index contributed by atoms with van der Waals surface area (Å²) in [7, 11) is -4.09. The Morgan fingerprint density at radius 2 is 1.65 bits per heavy atom. The fourth-order valence-electron chi connectivity index (χ4n) is 8.94. The van der Waals surface area contributed by atoms with Crippen molar-refractivity contribution in [3.05, 3.63) is 87.4 Å². The highest BCUT2D eigenvalue weighted by molar-refractivity contribution is 7.73. The summed E-state index contributed by atoms with van der Waals surface area (Å²) in [5, 5.41) is 3.00. The number of hydrogen-bond donors (Lipinski definition) is 1. The number of fused-ring (bicyclic) bond motifs is 4. The predicted molar refractivity (Wildman–Crippen MR) is 202 cm³/mol. The molecule has 4 heterocycles. The molecular weight excluding hydrogens is 677 g/mol. The third kappa shape index (κ3) is 5.71. The first-order valence-corrected chi connectivity index (χ1v) is 19.8. The number of carbonyl (C=O) groups is 3. The molecule has 7 rings (SSSR count). The quantitative estimate of drug-likeness (QED) is 0.218. The molecule has 0 aliphatic carbocycles. The lowest BCUT2D eigenvalue weighted by Crippen LogP contribution is -2.52. The average molecular weight is 725 g/mol. The van der Waals surface area contributed by atoms with E-state index in [1.165, 1.54) is 0 Å². The molecule has 4 aliphatic rings. The average Bonchev–Trinajstić information content (AvgIpc) is 3.39. The number of benzene rings is 3. The van der Waals surface area contributed by atoms with Crippen molar-refractivity contribution in [2.24, 2.45) is 0 Å². The van der Waals surface area contributed by atoms with Gasteiger partial charge in [-0.2, -0.15) is 0 Å². The van der Waals surface area contributed by atoms with Crippen LogP contribution in [0.15, 0.2) is 54.6 Å². The van der Waals surface area contributed by atoms with Gasteiger partial charge in [-0.15, -0.1) is 5.06 Å². The van der Waals surface area contributed by atoms with Crippen LogP contribution in [0.4, 0.5) is 5.69 Å². The summed E-state index contributed by atoms with van der Waals surface area (Å²) < 4.78 is 23.0. The van der Waals surface area contributed by atoms with Crippen molar-refractivity contribution < 1.29 is 33.4 Å². The van der Waals surface area contributed by atoms with E-state index in [-0.39, 0.29) is 29.8 Å². The second-order valence-corrected chi connectivity index (χ2v) is 17.6. The van der Waals surface area contributed by atoms with Crippen molar-refractivity contribution in [3.8, 4) is 5.75 Å². The maximum absolute atomic E-state index is 15.1. The summed E-state index contributed by atoms with van der Waals surface area (Å²) in [4.78, 5) is 55.8. The number of carbonyl (C=O) groups excluding carboxylic acids is 3. The van der Waals surface area contributed by atoms with Crippen molar-refractivity contribution in [1.29, 1.82) is 0 Å². The minimum atomic E-state index is -4.09. The zero-order chi connectivity index (χ0) is 37.5. The highest BCUT2D eigenvalue weighted by Gasteiger charge is 2.42. The number of amides is 2. The van der Waals surface area contributed by atoms with Crippen LogP contribution in [0.3, 0.4) is 0 Å². The van der Waals surface area contributed by atoms with Crippen molar-refractivity contribution in [2.75, 3.05) is 24.6 Å². The van der Waals surface area contributed by atoms with E-state index in [0.29, 0.717) is 26.6 Å². The van der Waals surface area contributed by atoms with Gasteiger partial charge in [0.05, 0.1) is 10.6 Å². The summed E-state index contributed by atoms with van der Waals surface area (Å²) in [5.41, 5.74) is 6.32. The Kier molecular flexibility index (Phi) is 8.66. The molecule has 1 saturated heterocycles. The molecule has 3 aromatic carbocycles. The Labute approximate surface area is 304 Å². The van der Waals surface area contributed by atoms with Gasteiger partial charge in [-0.3, -0.25) is 14.2 Å². The number of imide groups is 1. The number of hydrogen-bond acceptors (Lipinski definition) is 7. The van der Waals surface area contributed by atoms with Crippen LogP contribution in [0, 0.1) is 0 Å². The number of likely N-dealkylation sites (N-methyl/N-ethyl adjacent to an activating group) is 1. The summed E-state index contributed by atoms with van der Waals surface area (Å²) in [6, 6.07) is 15.4. The molecule has 11 heteroatoms. The molecule has 52 heavy (non-hydrogen) atoms. The molecule has 0 spiro atoms. The normalized spacial score (nSPS) is 22.7. The molecule has 4 aliphatic heterocycles. The fraction of sp³-hybridized carbons (Fsp3) is 0.415. The lowest BCUT2D eigenvalue weighted by Gasteiger charge is -2.48. The third-order valence-corrected chi connectivity index (χ3v) is 13.2. The fourth-order valence-corrected chi connectivity index (χ4v) is 10.8. The van der Waals surface area contributed by atoms with Gasteiger partial charge in [0.1, 0.15) is 12.3 Å². The number of ether oxygens (including phenoxy) is 1.